The molecule has 2 aromatic carbocycles. The maximum absolute atomic E-state index is 13.3. The Kier molecular flexibility index (Phi) is 6.72. The van der Waals surface area contributed by atoms with Crippen LogP contribution in [0.4, 0.5) is 0 Å². The van der Waals surface area contributed by atoms with E-state index in [1.807, 2.05) is 26.0 Å². The maximum Gasteiger partial charge on any atom is 0.329 e. The molecule has 1 aromatic heterocycles. The molecule has 4 rings (SSSR count). The molecule has 0 fully saturated rings. The molecule has 0 unspecified atom stereocenters. The zero-order valence-electron chi connectivity index (χ0n) is 21.5. The van der Waals surface area contributed by atoms with Crippen LogP contribution in [0, 0.1) is 0 Å². The van der Waals surface area contributed by atoms with E-state index in [0.29, 0.717) is 11.1 Å². The van der Waals surface area contributed by atoms with Gasteiger partial charge in [-0.05, 0) is 55.7 Å². The molecule has 2 heterocycles. The van der Waals surface area contributed by atoms with Crippen molar-refractivity contribution in [2.45, 2.75) is 52.0 Å². The Morgan fingerprint density at radius 1 is 1.11 bits per heavy atom. The molecule has 2 amide bonds. The number of aromatic nitrogens is 1. The fourth-order valence-electron chi connectivity index (χ4n) is 4.71. The first-order valence-corrected chi connectivity index (χ1v) is 12.0. The highest BCUT2D eigenvalue weighted by atomic mass is 16.5. The van der Waals surface area contributed by atoms with Gasteiger partial charge in [0.25, 0.3) is 11.8 Å². The van der Waals surface area contributed by atoms with Crippen LogP contribution < -0.4 is 0 Å². The van der Waals surface area contributed by atoms with E-state index in [2.05, 4.69) is 43.6 Å². The lowest BCUT2D eigenvalue weighted by molar-refractivity contribution is -0.145. The minimum absolute atomic E-state index is 0.122. The van der Waals surface area contributed by atoms with Gasteiger partial charge in [-0.3, -0.25) is 14.5 Å². The minimum Gasteiger partial charge on any atom is -0.467 e. The monoisotopic (exact) mass is 484 g/mol. The van der Waals surface area contributed by atoms with Gasteiger partial charge in [-0.25, -0.2) is 4.79 Å². The van der Waals surface area contributed by atoms with Crippen molar-refractivity contribution in [1.82, 2.24) is 9.88 Å². The fraction of sp³-hybridized carbons (Fsp3) is 0.300. The Balaban J connectivity index is 1.86. The zero-order chi connectivity index (χ0) is 26.2. The van der Waals surface area contributed by atoms with E-state index in [1.165, 1.54) is 12.7 Å². The van der Waals surface area contributed by atoms with Crippen LogP contribution in [0.1, 0.15) is 65.2 Å². The molecule has 6 heteroatoms. The van der Waals surface area contributed by atoms with Crippen LogP contribution in [-0.2, 0) is 27.8 Å². The van der Waals surface area contributed by atoms with E-state index in [4.69, 9.17) is 4.74 Å². The number of aromatic amines is 1. The van der Waals surface area contributed by atoms with Gasteiger partial charge in [-0.2, -0.15) is 0 Å². The van der Waals surface area contributed by atoms with Gasteiger partial charge < -0.3 is 9.72 Å². The van der Waals surface area contributed by atoms with Gasteiger partial charge in [0, 0.05) is 28.4 Å². The number of carbonyl (C=O) groups excluding carboxylic acids is 3. The molecular weight excluding hydrogens is 452 g/mol. The topological polar surface area (TPSA) is 79.5 Å². The minimum atomic E-state index is -1.11. The van der Waals surface area contributed by atoms with Crippen LogP contribution in [0.5, 0.6) is 0 Å². The van der Waals surface area contributed by atoms with Gasteiger partial charge >= 0.3 is 5.97 Å². The molecule has 0 spiro atoms. The van der Waals surface area contributed by atoms with E-state index < -0.39 is 29.2 Å². The molecule has 1 aliphatic rings. The summed E-state index contributed by atoms with van der Waals surface area (Å²) in [6, 6.07) is 11.7. The summed E-state index contributed by atoms with van der Waals surface area (Å²) >= 11 is 0. The molecule has 0 radical (unpaired) electrons. The van der Waals surface area contributed by atoms with E-state index in [-0.39, 0.29) is 6.42 Å². The van der Waals surface area contributed by atoms with Crippen LogP contribution in [-0.4, -0.2) is 40.8 Å². The number of esters is 1. The molecule has 6 nitrogen and oxygen atoms in total. The molecule has 0 bridgehead atoms. The van der Waals surface area contributed by atoms with Gasteiger partial charge in [0.15, 0.2) is 0 Å². The lowest BCUT2D eigenvalue weighted by atomic mass is 9.84. The number of amides is 2. The Morgan fingerprint density at radius 3 is 2.31 bits per heavy atom. The molecule has 36 heavy (non-hydrogen) atoms. The average Bonchev–Trinajstić information content (AvgIpc) is 3.36. The normalized spacial score (nSPS) is 14.1. The number of ether oxygens (including phenoxy) is 1. The first kappa shape index (κ1) is 25.2. The number of rotatable bonds is 8. The van der Waals surface area contributed by atoms with Crippen molar-refractivity contribution in [3.05, 3.63) is 94.7 Å². The fourth-order valence-corrected chi connectivity index (χ4v) is 4.71. The summed E-state index contributed by atoms with van der Waals surface area (Å²) in [5.74, 6) is -1.61. The second-order valence-corrected chi connectivity index (χ2v) is 10.0. The molecule has 0 saturated heterocycles. The number of hydrogen-bond acceptors (Lipinski definition) is 4. The summed E-state index contributed by atoms with van der Waals surface area (Å²) in [6.45, 7) is 12.2. The summed E-state index contributed by atoms with van der Waals surface area (Å²) in [6.07, 6.45) is 4.91. The average molecular weight is 485 g/mol. The van der Waals surface area contributed by atoms with Crippen molar-refractivity contribution >= 4 is 28.7 Å². The molecule has 1 aliphatic heterocycles. The van der Waals surface area contributed by atoms with Crippen molar-refractivity contribution in [1.29, 1.82) is 0 Å². The van der Waals surface area contributed by atoms with Crippen LogP contribution in [0.2, 0.25) is 0 Å². The molecule has 186 valence electrons. The predicted molar refractivity (Wildman–Crippen MR) is 141 cm³/mol. The molecular formula is C30H32N2O4. The smallest absolute Gasteiger partial charge is 0.329 e. The molecule has 0 saturated carbocycles. The summed E-state index contributed by atoms with van der Waals surface area (Å²) in [4.78, 5) is 44.2. The number of methoxy groups -OCH3 is 1. The predicted octanol–water partition coefficient (Wildman–Crippen LogP) is 5.52. The number of carbonyl (C=O) groups is 3. The lowest BCUT2D eigenvalue weighted by Crippen LogP contribution is -2.47. The quantitative estimate of drug-likeness (QED) is 0.259. The van der Waals surface area contributed by atoms with Gasteiger partial charge in [0.05, 0.1) is 18.2 Å². The molecule has 3 aromatic rings. The number of fused-ring (bicyclic) bond motifs is 2. The molecule has 1 atom stereocenters. The zero-order valence-corrected chi connectivity index (χ0v) is 21.5. The summed E-state index contributed by atoms with van der Waals surface area (Å²) < 4.78 is 5.10. The Labute approximate surface area is 211 Å². The van der Waals surface area contributed by atoms with Crippen molar-refractivity contribution in [3.8, 4) is 0 Å². The van der Waals surface area contributed by atoms with E-state index >= 15 is 0 Å². The highest BCUT2D eigenvalue weighted by Crippen LogP contribution is 2.36. The third-order valence-electron chi connectivity index (χ3n) is 6.88. The Hall–Kier alpha value is -3.93. The third-order valence-corrected chi connectivity index (χ3v) is 6.88. The number of H-pyrrole nitrogens is 1. The van der Waals surface area contributed by atoms with Crippen molar-refractivity contribution in [2.24, 2.45) is 0 Å². The van der Waals surface area contributed by atoms with Crippen LogP contribution in [0.3, 0.4) is 0 Å². The number of benzene rings is 2. The third kappa shape index (κ3) is 4.39. The SMILES string of the molecule is C=CC(C)(C)c1[nH]c2ccc(CC=C(C)C)cc2c1C[C@@H](C(=O)OC)N1C(=O)c2ccccc2C1=O. The second kappa shape index (κ2) is 9.61. The lowest BCUT2D eigenvalue weighted by Gasteiger charge is -2.26. The van der Waals surface area contributed by atoms with Crippen molar-refractivity contribution in [2.75, 3.05) is 7.11 Å². The Bertz CT molecular complexity index is 1370. The second-order valence-electron chi connectivity index (χ2n) is 10.0. The van der Waals surface area contributed by atoms with Gasteiger partial charge in [0.1, 0.15) is 6.04 Å². The van der Waals surface area contributed by atoms with Crippen molar-refractivity contribution < 1.29 is 19.1 Å². The van der Waals surface area contributed by atoms with Crippen LogP contribution in [0.15, 0.2) is 66.8 Å². The standard InChI is InChI=1S/C30H32N2O4/c1-7-30(4,5)26-23(22-16-19(13-12-18(2)3)14-15-24(22)31-26)17-25(29(35)36-6)32-27(33)20-10-8-9-11-21(20)28(32)34/h7-12,14-16,25,31H,1,13,17H2,2-6H3/t25-/m0/s1. The largest absolute Gasteiger partial charge is 0.467 e. The van der Waals surface area contributed by atoms with Crippen molar-refractivity contribution in [3.63, 3.8) is 0 Å². The number of nitrogens with zero attached hydrogens (tertiary/aromatic N) is 1. The first-order valence-electron chi connectivity index (χ1n) is 12.0. The van der Waals surface area contributed by atoms with Crippen LogP contribution in [0.25, 0.3) is 10.9 Å². The number of allylic oxidation sites excluding steroid dienone is 3. The summed E-state index contributed by atoms with van der Waals surface area (Å²) in [5.41, 5.74) is 5.17. The highest BCUT2D eigenvalue weighted by Gasteiger charge is 2.44. The highest BCUT2D eigenvalue weighted by molar-refractivity contribution is 6.22. The number of nitrogens with one attached hydrogen (secondary N) is 1. The van der Waals surface area contributed by atoms with Crippen LogP contribution >= 0.6 is 0 Å². The summed E-state index contributed by atoms with van der Waals surface area (Å²) in [7, 11) is 1.27. The molecule has 1 N–H and O–H groups in total. The van der Waals surface area contributed by atoms with Gasteiger partial charge in [-0.1, -0.05) is 49.8 Å². The Morgan fingerprint density at radius 2 is 1.75 bits per heavy atom. The van der Waals surface area contributed by atoms with Gasteiger partial charge in [-0.15, -0.1) is 6.58 Å². The van der Waals surface area contributed by atoms with Gasteiger partial charge in [0.2, 0.25) is 0 Å². The maximum atomic E-state index is 13.3. The summed E-state index contributed by atoms with van der Waals surface area (Å²) in [5, 5.41) is 0.949. The van der Waals surface area contributed by atoms with E-state index in [0.717, 1.165) is 39.0 Å². The number of hydrogen-bond donors (Lipinski definition) is 1. The van der Waals surface area contributed by atoms with E-state index in [1.54, 1.807) is 24.3 Å². The first-order chi connectivity index (χ1) is 17.1. The molecule has 0 aliphatic carbocycles. The van der Waals surface area contributed by atoms with E-state index in [9.17, 15) is 14.4 Å². The number of imide groups is 1.